The van der Waals surface area contributed by atoms with E-state index in [1.165, 1.54) is 14.2 Å². The van der Waals surface area contributed by atoms with Crippen molar-refractivity contribution in [1.82, 2.24) is 4.90 Å². The maximum Gasteiger partial charge on any atom is 0.279 e. The van der Waals surface area contributed by atoms with Gasteiger partial charge < -0.3 is 14.4 Å². The number of likely N-dealkylation sites (N-methyl/N-ethyl adjacent to an activating group) is 1. The summed E-state index contributed by atoms with van der Waals surface area (Å²) in [6.07, 6.45) is -0.759. The highest BCUT2D eigenvalue weighted by Gasteiger charge is 2.21. The Balaban J connectivity index is 4.12. The molecule has 0 aromatic heterocycles. The number of amides is 1. The van der Waals surface area contributed by atoms with Crippen molar-refractivity contribution < 1.29 is 14.3 Å². The van der Waals surface area contributed by atoms with Crippen LogP contribution in [-0.2, 0) is 14.3 Å². The second-order valence-corrected chi connectivity index (χ2v) is 2.31. The van der Waals surface area contributed by atoms with Crippen molar-refractivity contribution in [3.05, 3.63) is 0 Å². The number of carbonyl (C=O) groups excluding carboxylic acids is 1. The van der Waals surface area contributed by atoms with E-state index in [-0.39, 0.29) is 5.91 Å². The highest BCUT2D eigenvalue weighted by Crippen LogP contribution is 1.98. The molecule has 4 heteroatoms. The lowest BCUT2D eigenvalue weighted by atomic mass is 10.4. The molecule has 4 nitrogen and oxygen atoms in total. The van der Waals surface area contributed by atoms with Gasteiger partial charge in [-0.3, -0.25) is 4.79 Å². The van der Waals surface area contributed by atoms with Crippen LogP contribution in [0.2, 0.25) is 0 Å². The normalized spacial score (nSPS) is 10.4. The lowest BCUT2D eigenvalue weighted by molar-refractivity contribution is -0.169. The van der Waals surface area contributed by atoms with Gasteiger partial charge in [-0.25, -0.2) is 0 Å². The lowest BCUT2D eigenvalue weighted by Gasteiger charge is -2.22. The number of carbonyl (C=O) groups is 1. The molecule has 0 bridgehead atoms. The summed E-state index contributed by atoms with van der Waals surface area (Å²) in [5.74, 6) is -0.120. The third-order valence-corrected chi connectivity index (χ3v) is 1.70. The topological polar surface area (TPSA) is 38.8 Å². The lowest BCUT2D eigenvalue weighted by Crippen LogP contribution is -2.40. The Labute approximate surface area is 73.4 Å². The third kappa shape index (κ3) is 2.79. The van der Waals surface area contributed by atoms with Crippen LogP contribution in [0, 0.1) is 0 Å². The summed E-state index contributed by atoms with van der Waals surface area (Å²) in [5, 5.41) is 0. The minimum absolute atomic E-state index is 0.120. The Morgan fingerprint density at radius 3 is 1.92 bits per heavy atom. The van der Waals surface area contributed by atoms with E-state index >= 15 is 0 Å². The molecule has 12 heavy (non-hydrogen) atoms. The molecule has 0 aromatic rings. The number of ether oxygens (including phenoxy) is 2. The minimum atomic E-state index is -0.759. The zero-order valence-corrected chi connectivity index (χ0v) is 8.16. The average Bonchev–Trinajstić information content (AvgIpc) is 2.09. The molecule has 0 N–H and O–H groups in total. The average molecular weight is 175 g/mol. The Morgan fingerprint density at radius 2 is 1.67 bits per heavy atom. The SMILES string of the molecule is CCN(CC)C(=O)C(OC)OC. The molecule has 72 valence electrons. The van der Waals surface area contributed by atoms with Crippen molar-refractivity contribution in [1.29, 1.82) is 0 Å². The molecule has 0 radical (unpaired) electrons. The third-order valence-electron chi connectivity index (χ3n) is 1.70. The molecule has 0 saturated heterocycles. The first-order valence-corrected chi connectivity index (χ1v) is 4.05. The molecule has 0 unspecified atom stereocenters. The fourth-order valence-electron chi connectivity index (χ4n) is 0.982. The van der Waals surface area contributed by atoms with Gasteiger partial charge in [-0.1, -0.05) is 0 Å². The number of rotatable bonds is 5. The van der Waals surface area contributed by atoms with E-state index in [2.05, 4.69) is 0 Å². The monoisotopic (exact) mass is 175 g/mol. The van der Waals surface area contributed by atoms with Crippen molar-refractivity contribution in [3.63, 3.8) is 0 Å². The van der Waals surface area contributed by atoms with E-state index in [4.69, 9.17) is 9.47 Å². The molecule has 0 saturated carbocycles. The van der Waals surface area contributed by atoms with Crippen LogP contribution in [0.4, 0.5) is 0 Å². The first kappa shape index (κ1) is 11.4. The Morgan fingerprint density at radius 1 is 1.25 bits per heavy atom. The van der Waals surface area contributed by atoms with Gasteiger partial charge in [0.05, 0.1) is 0 Å². The second kappa shape index (κ2) is 5.97. The summed E-state index contributed by atoms with van der Waals surface area (Å²) in [7, 11) is 2.91. The van der Waals surface area contributed by atoms with Gasteiger partial charge in [0, 0.05) is 27.3 Å². The molecule has 0 atom stereocenters. The van der Waals surface area contributed by atoms with E-state index < -0.39 is 6.29 Å². The van der Waals surface area contributed by atoms with Gasteiger partial charge in [-0.2, -0.15) is 0 Å². The molecule has 1 amide bonds. The molecular formula is C8H17NO3. The van der Waals surface area contributed by atoms with Crippen molar-refractivity contribution in [3.8, 4) is 0 Å². The summed E-state index contributed by atoms with van der Waals surface area (Å²) < 4.78 is 9.66. The summed E-state index contributed by atoms with van der Waals surface area (Å²) in [5.41, 5.74) is 0. The molecule has 0 aliphatic heterocycles. The molecule has 0 rings (SSSR count). The predicted molar refractivity (Wildman–Crippen MR) is 45.7 cm³/mol. The smallest absolute Gasteiger partial charge is 0.279 e. The zero-order chi connectivity index (χ0) is 9.56. The summed E-state index contributed by atoms with van der Waals surface area (Å²) in [6, 6.07) is 0. The van der Waals surface area contributed by atoms with E-state index in [1.807, 2.05) is 13.8 Å². The molecule has 0 aliphatic carbocycles. The van der Waals surface area contributed by atoms with Gasteiger partial charge in [0.25, 0.3) is 5.91 Å². The van der Waals surface area contributed by atoms with Crippen LogP contribution in [0.1, 0.15) is 13.8 Å². The van der Waals surface area contributed by atoms with Gasteiger partial charge >= 0.3 is 0 Å². The molecule has 0 spiro atoms. The van der Waals surface area contributed by atoms with Crippen LogP contribution in [0.3, 0.4) is 0 Å². The fourth-order valence-corrected chi connectivity index (χ4v) is 0.982. The van der Waals surface area contributed by atoms with Gasteiger partial charge in [0.15, 0.2) is 0 Å². The van der Waals surface area contributed by atoms with Gasteiger partial charge in [-0.15, -0.1) is 0 Å². The van der Waals surface area contributed by atoms with Crippen LogP contribution in [0.5, 0.6) is 0 Å². The quantitative estimate of drug-likeness (QED) is 0.570. The van der Waals surface area contributed by atoms with Gasteiger partial charge in [0.2, 0.25) is 6.29 Å². The van der Waals surface area contributed by atoms with E-state index in [1.54, 1.807) is 4.90 Å². The fraction of sp³-hybridized carbons (Fsp3) is 0.875. The Kier molecular flexibility index (Phi) is 5.66. The number of hydrogen-bond donors (Lipinski definition) is 0. The highest BCUT2D eigenvalue weighted by molar-refractivity contribution is 5.79. The van der Waals surface area contributed by atoms with Gasteiger partial charge in [0.1, 0.15) is 0 Å². The number of methoxy groups -OCH3 is 2. The van der Waals surface area contributed by atoms with E-state index in [0.717, 1.165) is 0 Å². The van der Waals surface area contributed by atoms with Crippen molar-refractivity contribution in [2.45, 2.75) is 20.1 Å². The van der Waals surface area contributed by atoms with Crippen LogP contribution < -0.4 is 0 Å². The first-order valence-electron chi connectivity index (χ1n) is 4.05. The van der Waals surface area contributed by atoms with Crippen LogP contribution in [-0.4, -0.2) is 44.4 Å². The molecule has 0 fully saturated rings. The Hall–Kier alpha value is -0.610. The van der Waals surface area contributed by atoms with Crippen LogP contribution >= 0.6 is 0 Å². The largest absolute Gasteiger partial charge is 0.348 e. The molecular weight excluding hydrogens is 158 g/mol. The van der Waals surface area contributed by atoms with E-state index in [9.17, 15) is 4.79 Å². The maximum atomic E-state index is 11.4. The second-order valence-electron chi connectivity index (χ2n) is 2.31. The highest BCUT2D eigenvalue weighted by atomic mass is 16.7. The molecule has 0 aromatic carbocycles. The minimum Gasteiger partial charge on any atom is -0.348 e. The standard InChI is InChI=1S/C8H17NO3/c1-5-9(6-2)7(10)8(11-3)12-4/h8H,5-6H2,1-4H3. The van der Waals surface area contributed by atoms with E-state index in [0.29, 0.717) is 13.1 Å². The summed E-state index contributed by atoms with van der Waals surface area (Å²) in [4.78, 5) is 13.1. The van der Waals surface area contributed by atoms with Gasteiger partial charge in [-0.05, 0) is 13.8 Å². The van der Waals surface area contributed by atoms with Crippen LogP contribution in [0.25, 0.3) is 0 Å². The Bertz CT molecular complexity index is 116. The van der Waals surface area contributed by atoms with Crippen molar-refractivity contribution in [2.75, 3.05) is 27.3 Å². The molecule has 0 aliphatic rings. The van der Waals surface area contributed by atoms with Crippen LogP contribution in [0.15, 0.2) is 0 Å². The first-order chi connectivity index (χ1) is 5.71. The maximum absolute atomic E-state index is 11.4. The van der Waals surface area contributed by atoms with Crippen molar-refractivity contribution in [2.24, 2.45) is 0 Å². The number of hydrogen-bond acceptors (Lipinski definition) is 3. The zero-order valence-electron chi connectivity index (χ0n) is 8.16. The number of nitrogens with zero attached hydrogens (tertiary/aromatic N) is 1. The predicted octanol–water partition coefficient (Wildman–Crippen LogP) is 0.474. The summed E-state index contributed by atoms with van der Waals surface area (Å²) in [6.45, 7) is 5.20. The molecule has 0 heterocycles. The summed E-state index contributed by atoms with van der Waals surface area (Å²) >= 11 is 0. The van der Waals surface area contributed by atoms with Crippen molar-refractivity contribution >= 4 is 5.91 Å².